The van der Waals surface area contributed by atoms with Gasteiger partial charge in [-0.3, -0.25) is 4.79 Å². The summed E-state index contributed by atoms with van der Waals surface area (Å²) >= 11 is 7.38. The zero-order chi connectivity index (χ0) is 14.6. The molecule has 1 aromatic rings. The molecule has 0 aliphatic heterocycles. The lowest BCUT2D eigenvalue weighted by molar-refractivity contribution is -0.148. The van der Waals surface area contributed by atoms with Crippen molar-refractivity contribution in [3.05, 3.63) is 23.4 Å². The van der Waals surface area contributed by atoms with Crippen molar-refractivity contribution in [1.29, 1.82) is 0 Å². The van der Waals surface area contributed by atoms with Crippen LogP contribution in [0.15, 0.2) is 23.4 Å². The number of aromatic nitrogens is 1. The molecule has 1 unspecified atom stereocenters. The average Bonchev–Trinajstić information content (AvgIpc) is 3.29. The lowest BCUT2D eigenvalue weighted by Gasteiger charge is -2.31. The van der Waals surface area contributed by atoms with Gasteiger partial charge in [0, 0.05) is 11.9 Å². The Morgan fingerprint density at radius 2 is 2.35 bits per heavy atom. The van der Waals surface area contributed by atoms with Gasteiger partial charge in [0.15, 0.2) is 0 Å². The van der Waals surface area contributed by atoms with E-state index in [1.54, 1.807) is 24.0 Å². The van der Waals surface area contributed by atoms with Crippen molar-refractivity contribution in [3.8, 4) is 0 Å². The number of halogens is 1. The molecule has 1 fully saturated rings. The maximum absolute atomic E-state index is 12.2. The van der Waals surface area contributed by atoms with Gasteiger partial charge in [0.2, 0.25) is 0 Å². The molecule has 6 heteroatoms. The Morgan fingerprint density at radius 3 is 2.85 bits per heavy atom. The molecule has 1 aromatic heterocycles. The predicted octanol–water partition coefficient (Wildman–Crippen LogP) is 2.76. The number of likely N-dealkylation sites (N-methyl/N-ethyl adjacent to an activating group) is 1. The van der Waals surface area contributed by atoms with Crippen LogP contribution in [-0.4, -0.2) is 35.9 Å². The number of hydrogen-bond acceptors (Lipinski definition) is 5. The first-order valence-corrected chi connectivity index (χ1v) is 8.06. The molecule has 0 bridgehead atoms. The van der Waals surface area contributed by atoms with Crippen LogP contribution in [0.25, 0.3) is 0 Å². The van der Waals surface area contributed by atoms with Gasteiger partial charge < -0.3 is 10.1 Å². The third-order valence-electron chi connectivity index (χ3n) is 3.46. The zero-order valence-corrected chi connectivity index (χ0v) is 13.3. The Hall–Kier alpha value is -0.780. The van der Waals surface area contributed by atoms with E-state index in [0.717, 1.165) is 24.4 Å². The van der Waals surface area contributed by atoms with Crippen molar-refractivity contribution in [2.24, 2.45) is 5.92 Å². The molecule has 0 spiro atoms. The van der Waals surface area contributed by atoms with Gasteiger partial charge in [-0.2, -0.15) is 0 Å². The molecule has 20 heavy (non-hydrogen) atoms. The Kier molecular flexibility index (Phi) is 5.29. The van der Waals surface area contributed by atoms with Crippen molar-refractivity contribution >= 4 is 29.3 Å². The highest BCUT2D eigenvalue weighted by molar-refractivity contribution is 7.99. The summed E-state index contributed by atoms with van der Waals surface area (Å²) in [5, 5.41) is 4.82. The lowest BCUT2D eigenvalue weighted by atomic mass is 9.95. The number of rotatable bonds is 7. The molecule has 1 aliphatic rings. The molecule has 1 heterocycles. The standard InChI is InChI=1S/C14H19ClN2O2S/c1-3-17-14(10-4-5-10,13(18)19-2)9-20-12-7-6-11(15)8-16-12/h6-8,10,17H,3-5,9H2,1-2H3. The average molecular weight is 315 g/mol. The smallest absolute Gasteiger partial charge is 0.327 e. The van der Waals surface area contributed by atoms with Gasteiger partial charge >= 0.3 is 5.97 Å². The maximum atomic E-state index is 12.2. The normalized spacial score (nSPS) is 17.6. The van der Waals surface area contributed by atoms with Crippen LogP contribution in [0.3, 0.4) is 0 Å². The van der Waals surface area contributed by atoms with Crippen LogP contribution in [0.4, 0.5) is 0 Å². The molecule has 0 radical (unpaired) electrons. The first-order valence-electron chi connectivity index (χ1n) is 6.70. The third-order valence-corrected chi connectivity index (χ3v) is 4.82. The van der Waals surface area contributed by atoms with Crippen molar-refractivity contribution in [2.45, 2.75) is 30.3 Å². The van der Waals surface area contributed by atoms with E-state index in [-0.39, 0.29) is 5.97 Å². The highest BCUT2D eigenvalue weighted by atomic mass is 35.5. The van der Waals surface area contributed by atoms with Gasteiger partial charge in [-0.05, 0) is 37.4 Å². The van der Waals surface area contributed by atoms with Crippen LogP contribution in [-0.2, 0) is 9.53 Å². The van der Waals surface area contributed by atoms with Crippen molar-refractivity contribution < 1.29 is 9.53 Å². The molecule has 0 aromatic carbocycles. The molecule has 1 saturated carbocycles. The number of nitrogens with one attached hydrogen (secondary N) is 1. The van der Waals surface area contributed by atoms with Crippen LogP contribution in [0.1, 0.15) is 19.8 Å². The fraction of sp³-hybridized carbons (Fsp3) is 0.571. The van der Waals surface area contributed by atoms with Gasteiger partial charge in [-0.15, -0.1) is 11.8 Å². The molecule has 0 amide bonds. The number of pyridine rings is 1. The molecule has 1 N–H and O–H groups in total. The van der Waals surface area contributed by atoms with E-state index >= 15 is 0 Å². The maximum Gasteiger partial charge on any atom is 0.327 e. The Labute approximate surface area is 128 Å². The van der Waals surface area contributed by atoms with E-state index in [0.29, 0.717) is 16.7 Å². The van der Waals surface area contributed by atoms with Gasteiger partial charge in [-0.25, -0.2) is 4.98 Å². The van der Waals surface area contributed by atoms with E-state index in [1.807, 2.05) is 13.0 Å². The van der Waals surface area contributed by atoms with E-state index in [2.05, 4.69) is 10.3 Å². The first kappa shape index (κ1) is 15.6. The molecular formula is C14H19ClN2O2S. The van der Waals surface area contributed by atoms with Gasteiger partial charge in [0.05, 0.1) is 17.2 Å². The molecule has 0 saturated heterocycles. The predicted molar refractivity (Wildman–Crippen MR) is 81.1 cm³/mol. The lowest BCUT2D eigenvalue weighted by Crippen LogP contribution is -2.56. The zero-order valence-electron chi connectivity index (χ0n) is 11.7. The SMILES string of the molecule is CCNC(CSc1ccc(Cl)cn1)(C(=O)OC)C1CC1. The number of ether oxygens (including phenoxy) is 1. The second-order valence-electron chi connectivity index (χ2n) is 4.87. The van der Waals surface area contributed by atoms with Crippen LogP contribution < -0.4 is 5.32 Å². The molecule has 1 atom stereocenters. The minimum atomic E-state index is -0.602. The Bertz CT molecular complexity index is 465. The van der Waals surface area contributed by atoms with Crippen LogP contribution in [0.5, 0.6) is 0 Å². The highest BCUT2D eigenvalue weighted by Gasteiger charge is 2.51. The number of thioether (sulfide) groups is 1. The highest BCUT2D eigenvalue weighted by Crippen LogP contribution is 2.43. The summed E-state index contributed by atoms with van der Waals surface area (Å²) in [5.41, 5.74) is -0.602. The monoisotopic (exact) mass is 314 g/mol. The minimum Gasteiger partial charge on any atom is -0.468 e. The summed E-state index contributed by atoms with van der Waals surface area (Å²) in [6.07, 6.45) is 3.75. The van der Waals surface area contributed by atoms with Crippen LogP contribution in [0.2, 0.25) is 5.02 Å². The van der Waals surface area contributed by atoms with Gasteiger partial charge in [-0.1, -0.05) is 18.5 Å². The molecule has 2 rings (SSSR count). The summed E-state index contributed by atoms with van der Waals surface area (Å²) in [5.74, 6) is 0.797. The number of esters is 1. The van der Waals surface area contributed by atoms with E-state index in [4.69, 9.17) is 16.3 Å². The largest absolute Gasteiger partial charge is 0.468 e. The minimum absolute atomic E-state index is 0.177. The molecule has 110 valence electrons. The fourth-order valence-corrected chi connectivity index (χ4v) is 3.55. The number of carbonyl (C=O) groups excluding carboxylic acids is 1. The number of methoxy groups -OCH3 is 1. The van der Waals surface area contributed by atoms with Crippen LogP contribution >= 0.6 is 23.4 Å². The summed E-state index contributed by atoms with van der Waals surface area (Å²) < 4.78 is 5.02. The first-order chi connectivity index (χ1) is 9.62. The number of hydrogen-bond donors (Lipinski definition) is 1. The summed E-state index contributed by atoms with van der Waals surface area (Å²) in [7, 11) is 1.45. The van der Waals surface area contributed by atoms with Crippen molar-refractivity contribution in [3.63, 3.8) is 0 Å². The molecule has 4 nitrogen and oxygen atoms in total. The molecular weight excluding hydrogens is 296 g/mol. The van der Waals surface area contributed by atoms with Crippen molar-refractivity contribution in [2.75, 3.05) is 19.4 Å². The Balaban J connectivity index is 2.10. The molecule has 1 aliphatic carbocycles. The summed E-state index contributed by atoms with van der Waals surface area (Å²) in [4.78, 5) is 16.5. The van der Waals surface area contributed by atoms with E-state index in [9.17, 15) is 4.79 Å². The van der Waals surface area contributed by atoms with Gasteiger partial charge in [0.1, 0.15) is 5.54 Å². The number of carbonyl (C=O) groups is 1. The van der Waals surface area contributed by atoms with Crippen molar-refractivity contribution in [1.82, 2.24) is 10.3 Å². The third kappa shape index (κ3) is 3.45. The second kappa shape index (κ2) is 6.78. The number of nitrogens with zero attached hydrogens (tertiary/aromatic N) is 1. The van der Waals surface area contributed by atoms with E-state index < -0.39 is 5.54 Å². The topological polar surface area (TPSA) is 51.2 Å². The van der Waals surface area contributed by atoms with Crippen LogP contribution in [0, 0.1) is 5.92 Å². The quantitative estimate of drug-likeness (QED) is 0.619. The fourth-order valence-electron chi connectivity index (χ4n) is 2.32. The Morgan fingerprint density at radius 1 is 1.60 bits per heavy atom. The summed E-state index contributed by atoms with van der Waals surface area (Å²) in [6, 6.07) is 3.68. The second-order valence-corrected chi connectivity index (χ2v) is 6.30. The summed E-state index contributed by atoms with van der Waals surface area (Å²) in [6.45, 7) is 2.74. The van der Waals surface area contributed by atoms with E-state index in [1.165, 1.54) is 7.11 Å². The van der Waals surface area contributed by atoms with Gasteiger partial charge in [0.25, 0.3) is 0 Å².